The van der Waals surface area contributed by atoms with Gasteiger partial charge >= 0.3 is 11.9 Å². The first kappa shape index (κ1) is 20.0. The lowest BCUT2D eigenvalue weighted by Gasteiger charge is -2.36. The van der Waals surface area contributed by atoms with Crippen molar-refractivity contribution in [3.8, 4) is 0 Å². The van der Waals surface area contributed by atoms with Gasteiger partial charge in [0.25, 0.3) is 5.91 Å². The molecule has 1 aromatic carbocycles. The first-order valence-corrected chi connectivity index (χ1v) is 9.62. The van der Waals surface area contributed by atoms with E-state index >= 15 is 0 Å². The Bertz CT molecular complexity index is 741. The van der Waals surface area contributed by atoms with Crippen LogP contribution in [0.2, 0.25) is 0 Å². The van der Waals surface area contributed by atoms with Gasteiger partial charge in [0.2, 0.25) is 0 Å². The van der Waals surface area contributed by atoms with E-state index in [0.29, 0.717) is 24.2 Å². The number of amides is 1. The Balaban J connectivity index is 1.41. The number of nitrogens with one attached hydrogen (secondary N) is 1. The third kappa shape index (κ3) is 4.77. The minimum atomic E-state index is -0.420. The number of hydrogen-bond acceptors (Lipinski definition) is 6. The summed E-state index contributed by atoms with van der Waals surface area (Å²) in [4.78, 5) is 47.7. The van der Waals surface area contributed by atoms with Gasteiger partial charge in [-0.25, -0.2) is 4.79 Å². The lowest BCUT2D eigenvalue weighted by molar-refractivity contribution is -0.156. The number of hydrogen-bond donors (Lipinski definition) is 1. The Labute approximate surface area is 163 Å². The van der Waals surface area contributed by atoms with Crippen molar-refractivity contribution >= 4 is 23.6 Å². The van der Waals surface area contributed by atoms with Crippen molar-refractivity contribution in [1.29, 1.82) is 0 Å². The van der Waals surface area contributed by atoms with Gasteiger partial charge in [0, 0.05) is 18.4 Å². The SMILES string of the molecule is COC(=O)c1ccc(CNC(=O)COC(=O)C2C[C@H]3CCC[C@H](C2)C3=O)cc1. The number of ketones is 1. The van der Waals surface area contributed by atoms with Crippen molar-refractivity contribution in [2.45, 2.75) is 38.6 Å². The molecule has 7 nitrogen and oxygen atoms in total. The maximum Gasteiger partial charge on any atom is 0.337 e. The summed E-state index contributed by atoms with van der Waals surface area (Å²) in [5, 5.41) is 2.68. The maximum absolute atomic E-state index is 12.3. The van der Waals surface area contributed by atoms with Gasteiger partial charge in [0.05, 0.1) is 18.6 Å². The molecule has 2 atom stereocenters. The van der Waals surface area contributed by atoms with Crippen LogP contribution in [-0.2, 0) is 30.4 Å². The lowest BCUT2D eigenvalue weighted by Crippen LogP contribution is -2.40. The van der Waals surface area contributed by atoms with E-state index in [4.69, 9.17) is 4.74 Å². The monoisotopic (exact) mass is 387 g/mol. The first-order chi connectivity index (χ1) is 13.5. The van der Waals surface area contributed by atoms with Crippen LogP contribution in [0.3, 0.4) is 0 Å². The highest BCUT2D eigenvalue weighted by molar-refractivity contribution is 5.89. The van der Waals surface area contributed by atoms with Gasteiger partial charge < -0.3 is 14.8 Å². The van der Waals surface area contributed by atoms with E-state index in [1.807, 2.05) is 0 Å². The number of methoxy groups -OCH3 is 1. The molecule has 2 aliphatic carbocycles. The predicted molar refractivity (Wildman–Crippen MR) is 99.1 cm³/mol. The van der Waals surface area contributed by atoms with Crippen molar-refractivity contribution in [2.24, 2.45) is 17.8 Å². The number of carbonyl (C=O) groups excluding carboxylic acids is 4. The smallest absolute Gasteiger partial charge is 0.337 e. The highest BCUT2D eigenvalue weighted by atomic mass is 16.5. The largest absolute Gasteiger partial charge is 0.465 e. The van der Waals surface area contributed by atoms with Gasteiger partial charge in [-0.15, -0.1) is 0 Å². The molecule has 1 N–H and O–H groups in total. The fraction of sp³-hybridized carbons (Fsp3) is 0.524. The van der Waals surface area contributed by atoms with E-state index in [1.165, 1.54) is 7.11 Å². The Kier molecular flexibility index (Phi) is 6.44. The van der Waals surface area contributed by atoms with Crippen LogP contribution in [0.5, 0.6) is 0 Å². The zero-order chi connectivity index (χ0) is 20.1. The molecule has 0 saturated heterocycles. The molecule has 0 aromatic heterocycles. The summed E-state index contributed by atoms with van der Waals surface area (Å²) in [6, 6.07) is 6.68. The molecule has 0 aliphatic heterocycles. The Morgan fingerprint density at radius 1 is 1.07 bits per heavy atom. The van der Waals surface area contributed by atoms with Crippen LogP contribution < -0.4 is 5.32 Å². The number of Topliss-reactive ketones (excluding diaryl/α,β-unsaturated/α-hetero) is 1. The third-order valence-corrected chi connectivity index (χ3v) is 5.59. The van der Waals surface area contributed by atoms with Crippen molar-refractivity contribution in [2.75, 3.05) is 13.7 Å². The Morgan fingerprint density at radius 3 is 2.32 bits per heavy atom. The van der Waals surface area contributed by atoms with Crippen LogP contribution in [0.1, 0.15) is 48.0 Å². The molecule has 0 heterocycles. The second kappa shape index (κ2) is 8.99. The van der Waals surface area contributed by atoms with Crippen LogP contribution in [0, 0.1) is 17.8 Å². The van der Waals surface area contributed by atoms with Gasteiger partial charge in [0.15, 0.2) is 6.61 Å². The number of esters is 2. The van der Waals surface area contributed by atoms with Crippen molar-refractivity contribution in [3.05, 3.63) is 35.4 Å². The van der Waals surface area contributed by atoms with Crippen molar-refractivity contribution in [1.82, 2.24) is 5.32 Å². The highest BCUT2D eigenvalue weighted by Gasteiger charge is 2.41. The Morgan fingerprint density at radius 2 is 1.71 bits per heavy atom. The van der Waals surface area contributed by atoms with E-state index < -0.39 is 11.9 Å². The van der Waals surface area contributed by atoms with Crippen LogP contribution in [0.25, 0.3) is 0 Å². The highest BCUT2D eigenvalue weighted by Crippen LogP contribution is 2.40. The van der Waals surface area contributed by atoms with Crippen LogP contribution >= 0.6 is 0 Å². The van der Waals surface area contributed by atoms with E-state index in [0.717, 1.165) is 24.8 Å². The lowest BCUT2D eigenvalue weighted by atomic mass is 9.67. The molecule has 2 aliphatic rings. The zero-order valence-corrected chi connectivity index (χ0v) is 15.9. The predicted octanol–water partition coefficient (Wildman–Crippen LogP) is 2.03. The first-order valence-electron chi connectivity index (χ1n) is 9.62. The summed E-state index contributed by atoms with van der Waals surface area (Å²) in [7, 11) is 1.31. The standard InChI is InChI=1S/C21H25NO6/c1-27-20(25)14-7-5-13(6-8-14)11-22-18(23)12-28-21(26)17-9-15-3-2-4-16(10-17)19(15)24/h5-8,15-17H,2-4,9-12H2,1H3,(H,22,23)/t15-,16-/m1/s1. The molecule has 2 bridgehead atoms. The summed E-state index contributed by atoms with van der Waals surface area (Å²) >= 11 is 0. The maximum atomic E-state index is 12.3. The molecule has 0 unspecified atom stereocenters. The van der Waals surface area contributed by atoms with Crippen LogP contribution in [-0.4, -0.2) is 37.3 Å². The number of carbonyl (C=O) groups is 4. The number of fused-ring (bicyclic) bond motifs is 2. The molecule has 28 heavy (non-hydrogen) atoms. The van der Waals surface area contributed by atoms with Crippen molar-refractivity contribution in [3.63, 3.8) is 0 Å². The van der Waals surface area contributed by atoms with Crippen molar-refractivity contribution < 1.29 is 28.7 Å². The van der Waals surface area contributed by atoms with E-state index in [1.54, 1.807) is 24.3 Å². The Hall–Kier alpha value is -2.70. The van der Waals surface area contributed by atoms with Crippen LogP contribution in [0.15, 0.2) is 24.3 Å². The number of rotatable bonds is 6. The molecular weight excluding hydrogens is 362 g/mol. The quantitative estimate of drug-likeness (QED) is 0.750. The molecule has 2 saturated carbocycles. The summed E-state index contributed by atoms with van der Waals surface area (Å²) in [5.74, 6) is -1.23. The number of ether oxygens (including phenoxy) is 2. The summed E-state index contributed by atoms with van der Waals surface area (Å²) in [5.41, 5.74) is 1.24. The number of benzene rings is 1. The summed E-state index contributed by atoms with van der Waals surface area (Å²) in [6.45, 7) is -0.0707. The minimum absolute atomic E-state index is 0.0214. The third-order valence-electron chi connectivity index (χ3n) is 5.59. The topological polar surface area (TPSA) is 98.8 Å². The normalized spacial score (nSPS) is 23.6. The molecular formula is C21H25NO6. The molecule has 1 aromatic rings. The van der Waals surface area contributed by atoms with E-state index in [-0.39, 0.29) is 36.9 Å². The van der Waals surface area contributed by atoms with Gasteiger partial charge in [-0.2, -0.15) is 0 Å². The average molecular weight is 387 g/mol. The molecule has 1 amide bonds. The van der Waals surface area contributed by atoms with E-state index in [9.17, 15) is 19.2 Å². The fourth-order valence-electron chi connectivity index (χ4n) is 4.05. The average Bonchev–Trinajstić information content (AvgIpc) is 2.70. The minimum Gasteiger partial charge on any atom is -0.465 e. The molecule has 2 fully saturated rings. The molecule has 0 spiro atoms. The molecule has 3 rings (SSSR count). The molecule has 7 heteroatoms. The zero-order valence-electron chi connectivity index (χ0n) is 15.9. The molecule has 0 radical (unpaired) electrons. The summed E-state index contributed by atoms with van der Waals surface area (Å²) in [6.07, 6.45) is 3.85. The van der Waals surface area contributed by atoms with Gasteiger partial charge in [-0.1, -0.05) is 18.6 Å². The second-order valence-electron chi connectivity index (χ2n) is 7.47. The second-order valence-corrected chi connectivity index (χ2v) is 7.47. The fourth-order valence-corrected chi connectivity index (χ4v) is 4.05. The molecule has 150 valence electrons. The van der Waals surface area contributed by atoms with Gasteiger partial charge in [0.1, 0.15) is 5.78 Å². The van der Waals surface area contributed by atoms with Gasteiger partial charge in [-0.3, -0.25) is 14.4 Å². The van der Waals surface area contributed by atoms with Crippen LogP contribution in [0.4, 0.5) is 0 Å². The summed E-state index contributed by atoms with van der Waals surface area (Å²) < 4.78 is 9.81. The van der Waals surface area contributed by atoms with E-state index in [2.05, 4.69) is 10.1 Å². The van der Waals surface area contributed by atoms with Gasteiger partial charge in [-0.05, 0) is 43.4 Å².